The first-order chi connectivity index (χ1) is 8.72. The predicted octanol–water partition coefficient (Wildman–Crippen LogP) is 0.859. The number of aromatic nitrogens is 1. The van der Waals surface area contributed by atoms with E-state index in [0.717, 1.165) is 25.2 Å². The van der Waals surface area contributed by atoms with Crippen LogP contribution >= 0.6 is 0 Å². The zero-order chi connectivity index (χ0) is 13.0. The number of carbonyl (C=O) groups excluding carboxylic acids is 1. The van der Waals surface area contributed by atoms with Gasteiger partial charge in [0.15, 0.2) is 0 Å². The Labute approximate surface area is 105 Å². The molecule has 5 heteroatoms. The van der Waals surface area contributed by atoms with Crippen LogP contribution in [0.2, 0.25) is 0 Å². The molecule has 0 aromatic carbocycles. The standard InChI is InChI=1S/C13H16N2O3/c1-2-18-13(17)10-3-4-12(16)15(9-10)11-5-7-14-8-6-11/h3-5,9,14H,2,6-8H2,1H3. The van der Waals surface area contributed by atoms with Crippen molar-refractivity contribution in [3.8, 4) is 0 Å². The molecule has 1 aliphatic heterocycles. The molecule has 0 radical (unpaired) electrons. The van der Waals surface area contributed by atoms with E-state index in [9.17, 15) is 9.59 Å². The maximum absolute atomic E-state index is 11.8. The highest BCUT2D eigenvalue weighted by Gasteiger charge is 2.11. The summed E-state index contributed by atoms with van der Waals surface area (Å²) < 4.78 is 6.44. The summed E-state index contributed by atoms with van der Waals surface area (Å²) >= 11 is 0. The van der Waals surface area contributed by atoms with E-state index in [1.54, 1.807) is 13.1 Å². The molecular weight excluding hydrogens is 232 g/mol. The van der Waals surface area contributed by atoms with Crippen LogP contribution in [0.5, 0.6) is 0 Å². The second-order valence-corrected chi connectivity index (χ2v) is 4.00. The minimum Gasteiger partial charge on any atom is -0.462 e. The van der Waals surface area contributed by atoms with Gasteiger partial charge < -0.3 is 10.1 Å². The van der Waals surface area contributed by atoms with Crippen LogP contribution in [0, 0.1) is 0 Å². The number of esters is 1. The summed E-state index contributed by atoms with van der Waals surface area (Å²) in [5.41, 5.74) is 1.19. The van der Waals surface area contributed by atoms with Crippen LogP contribution in [-0.4, -0.2) is 30.2 Å². The fraction of sp³-hybridized carbons (Fsp3) is 0.385. The van der Waals surface area contributed by atoms with Gasteiger partial charge in [0.2, 0.25) is 0 Å². The van der Waals surface area contributed by atoms with Gasteiger partial charge in [-0.3, -0.25) is 9.36 Å². The Morgan fingerprint density at radius 1 is 1.50 bits per heavy atom. The molecule has 1 aromatic heterocycles. The molecule has 1 aromatic rings. The Bertz CT molecular complexity index is 531. The average Bonchev–Trinajstić information content (AvgIpc) is 2.40. The minimum atomic E-state index is -0.402. The second-order valence-electron chi connectivity index (χ2n) is 4.00. The van der Waals surface area contributed by atoms with Crippen LogP contribution in [0.1, 0.15) is 23.7 Å². The van der Waals surface area contributed by atoms with Gasteiger partial charge in [-0.25, -0.2) is 4.79 Å². The molecular formula is C13H16N2O3. The van der Waals surface area contributed by atoms with Gasteiger partial charge in [-0.2, -0.15) is 0 Å². The molecule has 2 heterocycles. The molecule has 5 nitrogen and oxygen atoms in total. The first-order valence-electron chi connectivity index (χ1n) is 6.02. The Morgan fingerprint density at radius 3 is 3.00 bits per heavy atom. The number of rotatable bonds is 3. The summed E-state index contributed by atoms with van der Waals surface area (Å²) in [6.45, 7) is 3.65. The molecule has 1 aliphatic rings. The van der Waals surface area contributed by atoms with Crippen molar-refractivity contribution in [1.82, 2.24) is 9.88 Å². The minimum absolute atomic E-state index is 0.129. The lowest BCUT2D eigenvalue weighted by Gasteiger charge is -2.16. The first-order valence-corrected chi connectivity index (χ1v) is 6.02. The Kier molecular flexibility index (Phi) is 3.94. The van der Waals surface area contributed by atoms with Gasteiger partial charge in [-0.1, -0.05) is 6.08 Å². The lowest BCUT2D eigenvalue weighted by atomic mass is 10.2. The van der Waals surface area contributed by atoms with Gasteiger partial charge in [-0.05, 0) is 13.0 Å². The number of hydrogen-bond acceptors (Lipinski definition) is 4. The van der Waals surface area contributed by atoms with Crippen molar-refractivity contribution in [3.05, 3.63) is 40.3 Å². The molecule has 1 N–H and O–H groups in total. The molecule has 0 bridgehead atoms. The summed E-state index contributed by atoms with van der Waals surface area (Å²) in [7, 11) is 0. The fourth-order valence-electron chi connectivity index (χ4n) is 1.88. The molecule has 0 atom stereocenters. The Morgan fingerprint density at radius 2 is 2.33 bits per heavy atom. The van der Waals surface area contributed by atoms with Crippen molar-refractivity contribution < 1.29 is 9.53 Å². The van der Waals surface area contributed by atoms with E-state index in [1.165, 1.54) is 16.7 Å². The van der Waals surface area contributed by atoms with E-state index < -0.39 is 5.97 Å². The number of carbonyl (C=O) groups is 1. The van der Waals surface area contributed by atoms with Gasteiger partial charge in [-0.15, -0.1) is 0 Å². The topological polar surface area (TPSA) is 60.3 Å². The maximum atomic E-state index is 11.8. The third-order valence-electron chi connectivity index (χ3n) is 2.77. The Balaban J connectivity index is 2.35. The van der Waals surface area contributed by atoms with Gasteiger partial charge >= 0.3 is 5.97 Å². The summed E-state index contributed by atoms with van der Waals surface area (Å²) in [4.78, 5) is 23.4. The molecule has 0 unspecified atom stereocenters. The molecule has 0 aliphatic carbocycles. The van der Waals surface area contributed by atoms with Crippen molar-refractivity contribution in [2.75, 3.05) is 19.7 Å². The van der Waals surface area contributed by atoms with E-state index in [2.05, 4.69) is 5.32 Å². The SMILES string of the molecule is CCOC(=O)c1ccc(=O)n(C2=CCNCC2)c1. The number of ether oxygens (including phenoxy) is 1. The molecule has 0 saturated heterocycles. The molecule has 96 valence electrons. The monoisotopic (exact) mass is 248 g/mol. The summed E-state index contributed by atoms with van der Waals surface area (Å²) in [6.07, 6.45) is 4.28. The summed E-state index contributed by atoms with van der Waals surface area (Å²) in [6, 6.07) is 2.90. The molecule has 2 rings (SSSR count). The van der Waals surface area contributed by atoms with Crippen LogP contribution in [0.15, 0.2) is 29.2 Å². The molecule has 0 spiro atoms. The normalized spacial score (nSPS) is 15.1. The van der Waals surface area contributed by atoms with Crippen LogP contribution in [0.3, 0.4) is 0 Å². The Hall–Kier alpha value is -1.88. The zero-order valence-electron chi connectivity index (χ0n) is 10.3. The number of nitrogens with zero attached hydrogens (tertiary/aromatic N) is 1. The van der Waals surface area contributed by atoms with E-state index in [1.807, 2.05) is 6.08 Å². The molecule has 0 amide bonds. The van der Waals surface area contributed by atoms with E-state index in [4.69, 9.17) is 4.74 Å². The highest BCUT2D eigenvalue weighted by Crippen LogP contribution is 2.10. The van der Waals surface area contributed by atoms with Crippen molar-refractivity contribution in [2.24, 2.45) is 0 Å². The number of nitrogens with one attached hydrogen (secondary N) is 1. The highest BCUT2D eigenvalue weighted by molar-refractivity contribution is 5.89. The highest BCUT2D eigenvalue weighted by atomic mass is 16.5. The van der Waals surface area contributed by atoms with Crippen LogP contribution in [0.4, 0.5) is 0 Å². The molecule has 0 saturated carbocycles. The lowest BCUT2D eigenvalue weighted by Crippen LogP contribution is -2.27. The van der Waals surface area contributed by atoms with Crippen molar-refractivity contribution in [1.29, 1.82) is 0 Å². The van der Waals surface area contributed by atoms with Crippen molar-refractivity contribution in [3.63, 3.8) is 0 Å². The molecule has 0 fully saturated rings. The smallest absolute Gasteiger partial charge is 0.339 e. The van der Waals surface area contributed by atoms with Crippen molar-refractivity contribution in [2.45, 2.75) is 13.3 Å². The third kappa shape index (κ3) is 2.68. The lowest BCUT2D eigenvalue weighted by molar-refractivity contribution is 0.0525. The van der Waals surface area contributed by atoms with Gasteiger partial charge in [0.25, 0.3) is 5.56 Å². The van der Waals surface area contributed by atoms with Crippen LogP contribution in [-0.2, 0) is 4.74 Å². The van der Waals surface area contributed by atoms with Crippen molar-refractivity contribution >= 4 is 11.7 Å². The van der Waals surface area contributed by atoms with Gasteiger partial charge in [0.05, 0.1) is 12.2 Å². The maximum Gasteiger partial charge on any atom is 0.339 e. The molecule has 18 heavy (non-hydrogen) atoms. The number of hydrogen-bond donors (Lipinski definition) is 1. The summed E-state index contributed by atoms with van der Waals surface area (Å²) in [5, 5.41) is 3.18. The van der Waals surface area contributed by atoms with Crippen LogP contribution in [0.25, 0.3) is 5.70 Å². The second kappa shape index (κ2) is 5.64. The van der Waals surface area contributed by atoms with E-state index >= 15 is 0 Å². The fourth-order valence-corrected chi connectivity index (χ4v) is 1.88. The first kappa shape index (κ1) is 12.6. The van der Waals surface area contributed by atoms with E-state index in [-0.39, 0.29) is 5.56 Å². The van der Waals surface area contributed by atoms with E-state index in [0.29, 0.717) is 12.2 Å². The number of pyridine rings is 1. The summed E-state index contributed by atoms with van der Waals surface area (Å²) in [5.74, 6) is -0.402. The van der Waals surface area contributed by atoms with Gasteiger partial charge in [0.1, 0.15) is 0 Å². The zero-order valence-corrected chi connectivity index (χ0v) is 10.3. The average molecular weight is 248 g/mol. The third-order valence-corrected chi connectivity index (χ3v) is 2.77. The predicted molar refractivity (Wildman–Crippen MR) is 68.4 cm³/mol. The largest absolute Gasteiger partial charge is 0.462 e. The van der Waals surface area contributed by atoms with Gasteiger partial charge in [0, 0.05) is 37.5 Å². The quantitative estimate of drug-likeness (QED) is 0.806. The van der Waals surface area contributed by atoms with Crippen LogP contribution < -0.4 is 10.9 Å².